The molecule has 2 aromatic rings. The molecule has 120 valence electrons. The minimum Gasteiger partial charge on any atom is -0.326 e. The first-order valence-corrected chi connectivity index (χ1v) is 7.60. The molecule has 0 saturated heterocycles. The molecule has 0 bridgehead atoms. The zero-order chi connectivity index (χ0) is 16.9. The molecule has 0 saturated carbocycles. The molecule has 0 aromatic heterocycles. The lowest BCUT2D eigenvalue weighted by molar-refractivity contribution is -0.123. The van der Waals surface area contributed by atoms with Gasteiger partial charge in [-0.1, -0.05) is 51.1 Å². The SMILES string of the molecule is CC(C)(C)c1ccc(NC(=O)CC(=O)Nc2ccccc2)cc1. The molecule has 0 atom stereocenters. The van der Waals surface area contributed by atoms with Crippen molar-refractivity contribution in [3.05, 3.63) is 60.2 Å². The molecule has 0 aliphatic rings. The van der Waals surface area contributed by atoms with Crippen molar-refractivity contribution in [2.75, 3.05) is 10.6 Å². The van der Waals surface area contributed by atoms with Gasteiger partial charge < -0.3 is 10.6 Å². The van der Waals surface area contributed by atoms with E-state index < -0.39 is 0 Å². The fraction of sp³-hybridized carbons (Fsp3) is 0.263. The van der Waals surface area contributed by atoms with Gasteiger partial charge in [-0.15, -0.1) is 0 Å². The lowest BCUT2D eigenvalue weighted by atomic mass is 9.87. The Morgan fingerprint density at radius 1 is 0.783 bits per heavy atom. The number of anilines is 2. The van der Waals surface area contributed by atoms with Gasteiger partial charge in [0.15, 0.2) is 0 Å². The summed E-state index contributed by atoms with van der Waals surface area (Å²) in [7, 11) is 0. The van der Waals surface area contributed by atoms with Crippen LogP contribution in [0.1, 0.15) is 32.8 Å². The predicted octanol–water partition coefficient (Wildman–Crippen LogP) is 3.95. The van der Waals surface area contributed by atoms with Gasteiger partial charge in [0.2, 0.25) is 11.8 Å². The van der Waals surface area contributed by atoms with Crippen LogP contribution in [0.5, 0.6) is 0 Å². The maximum atomic E-state index is 11.9. The topological polar surface area (TPSA) is 58.2 Å². The number of benzene rings is 2. The molecule has 0 fully saturated rings. The highest BCUT2D eigenvalue weighted by Gasteiger charge is 2.14. The summed E-state index contributed by atoms with van der Waals surface area (Å²) in [6.07, 6.45) is -0.212. The van der Waals surface area contributed by atoms with Crippen molar-refractivity contribution in [3.63, 3.8) is 0 Å². The Bertz CT molecular complexity index is 671. The summed E-state index contributed by atoms with van der Waals surface area (Å²) in [5, 5.41) is 5.43. The van der Waals surface area contributed by atoms with Crippen LogP contribution >= 0.6 is 0 Å². The molecule has 2 rings (SSSR count). The van der Waals surface area contributed by atoms with Crippen LogP contribution in [0, 0.1) is 0 Å². The lowest BCUT2D eigenvalue weighted by Crippen LogP contribution is -2.21. The number of carbonyl (C=O) groups is 2. The first-order valence-electron chi connectivity index (χ1n) is 7.60. The summed E-state index contributed by atoms with van der Waals surface area (Å²) < 4.78 is 0. The third-order valence-electron chi connectivity index (χ3n) is 3.41. The number of carbonyl (C=O) groups excluding carboxylic acids is 2. The van der Waals surface area contributed by atoms with E-state index in [1.54, 1.807) is 12.1 Å². The number of rotatable bonds is 4. The fourth-order valence-corrected chi connectivity index (χ4v) is 2.13. The average Bonchev–Trinajstić information content (AvgIpc) is 2.47. The molecule has 4 nitrogen and oxygen atoms in total. The molecule has 0 aliphatic heterocycles. The van der Waals surface area contributed by atoms with Gasteiger partial charge in [0.1, 0.15) is 6.42 Å². The summed E-state index contributed by atoms with van der Waals surface area (Å²) >= 11 is 0. The second-order valence-electron chi connectivity index (χ2n) is 6.47. The molecule has 2 N–H and O–H groups in total. The highest BCUT2D eigenvalue weighted by Crippen LogP contribution is 2.23. The highest BCUT2D eigenvalue weighted by molar-refractivity contribution is 6.08. The largest absolute Gasteiger partial charge is 0.326 e. The van der Waals surface area contributed by atoms with Crippen LogP contribution in [0.4, 0.5) is 11.4 Å². The lowest BCUT2D eigenvalue weighted by Gasteiger charge is -2.19. The van der Waals surface area contributed by atoms with Gasteiger partial charge in [0, 0.05) is 11.4 Å². The van der Waals surface area contributed by atoms with E-state index in [0.717, 1.165) is 0 Å². The van der Waals surface area contributed by atoms with Crippen LogP contribution < -0.4 is 10.6 Å². The molecule has 0 spiro atoms. The van der Waals surface area contributed by atoms with Crippen molar-refractivity contribution >= 4 is 23.2 Å². The van der Waals surface area contributed by atoms with Crippen molar-refractivity contribution in [1.29, 1.82) is 0 Å². The van der Waals surface area contributed by atoms with E-state index >= 15 is 0 Å². The highest BCUT2D eigenvalue weighted by atomic mass is 16.2. The summed E-state index contributed by atoms with van der Waals surface area (Å²) in [6, 6.07) is 16.8. The molecule has 23 heavy (non-hydrogen) atoms. The van der Waals surface area contributed by atoms with Crippen LogP contribution in [0.3, 0.4) is 0 Å². The van der Waals surface area contributed by atoms with E-state index in [-0.39, 0.29) is 23.7 Å². The van der Waals surface area contributed by atoms with Gasteiger partial charge >= 0.3 is 0 Å². The van der Waals surface area contributed by atoms with Gasteiger partial charge in [-0.05, 0) is 35.2 Å². The zero-order valence-corrected chi connectivity index (χ0v) is 13.7. The number of hydrogen-bond acceptors (Lipinski definition) is 2. The molecule has 0 aliphatic carbocycles. The Balaban J connectivity index is 1.88. The second kappa shape index (κ2) is 7.09. The third-order valence-corrected chi connectivity index (χ3v) is 3.41. The summed E-state index contributed by atoms with van der Waals surface area (Å²) in [5.41, 5.74) is 2.63. The normalized spacial score (nSPS) is 10.9. The van der Waals surface area contributed by atoms with Crippen molar-refractivity contribution < 1.29 is 9.59 Å². The quantitative estimate of drug-likeness (QED) is 0.840. The molecule has 2 amide bonds. The first kappa shape index (κ1) is 16.7. The summed E-state index contributed by atoms with van der Waals surface area (Å²) in [5.74, 6) is -0.665. The smallest absolute Gasteiger partial charge is 0.233 e. The maximum Gasteiger partial charge on any atom is 0.233 e. The van der Waals surface area contributed by atoms with E-state index in [9.17, 15) is 9.59 Å². The van der Waals surface area contributed by atoms with Crippen LogP contribution in [-0.2, 0) is 15.0 Å². The van der Waals surface area contributed by atoms with Gasteiger partial charge in [-0.2, -0.15) is 0 Å². The van der Waals surface area contributed by atoms with Gasteiger partial charge in [-0.3, -0.25) is 9.59 Å². The molecular formula is C19H22N2O2. The van der Waals surface area contributed by atoms with Crippen molar-refractivity contribution in [2.24, 2.45) is 0 Å². The third kappa shape index (κ3) is 5.25. The second-order valence-corrected chi connectivity index (χ2v) is 6.47. The van der Waals surface area contributed by atoms with E-state index in [4.69, 9.17) is 0 Å². The average molecular weight is 310 g/mol. The molecule has 0 radical (unpaired) electrons. The summed E-state index contributed by atoms with van der Waals surface area (Å²) in [4.78, 5) is 23.7. The van der Waals surface area contributed by atoms with Gasteiger partial charge in [-0.25, -0.2) is 0 Å². The maximum absolute atomic E-state index is 11.9. The molecular weight excluding hydrogens is 288 g/mol. The van der Waals surface area contributed by atoms with E-state index in [2.05, 4.69) is 31.4 Å². The van der Waals surface area contributed by atoms with Gasteiger partial charge in [0.05, 0.1) is 0 Å². The number of para-hydroxylation sites is 1. The Labute approximate surface area is 136 Å². The first-order chi connectivity index (χ1) is 10.8. The standard InChI is InChI=1S/C19H22N2O2/c1-19(2,3)14-9-11-16(12-10-14)21-18(23)13-17(22)20-15-7-5-4-6-8-15/h4-12H,13H2,1-3H3,(H,20,22)(H,21,23). The monoisotopic (exact) mass is 310 g/mol. The Morgan fingerprint density at radius 2 is 1.26 bits per heavy atom. The van der Waals surface area contributed by atoms with Crippen LogP contribution in [0.15, 0.2) is 54.6 Å². The van der Waals surface area contributed by atoms with Crippen molar-refractivity contribution in [1.82, 2.24) is 0 Å². The minimum atomic E-state index is -0.333. The Hall–Kier alpha value is -2.62. The molecule has 0 heterocycles. The number of amides is 2. The summed E-state index contributed by atoms with van der Waals surface area (Å²) in [6.45, 7) is 6.40. The van der Waals surface area contributed by atoms with E-state index in [1.165, 1.54) is 5.56 Å². The Kier molecular flexibility index (Phi) is 5.16. The minimum absolute atomic E-state index is 0.0676. The van der Waals surface area contributed by atoms with Gasteiger partial charge in [0.25, 0.3) is 0 Å². The molecule has 4 heteroatoms. The fourth-order valence-electron chi connectivity index (χ4n) is 2.13. The zero-order valence-electron chi connectivity index (χ0n) is 13.7. The van der Waals surface area contributed by atoms with Crippen LogP contribution in [0.25, 0.3) is 0 Å². The molecule has 0 unspecified atom stereocenters. The van der Waals surface area contributed by atoms with E-state index in [1.807, 2.05) is 42.5 Å². The van der Waals surface area contributed by atoms with Crippen LogP contribution in [0.2, 0.25) is 0 Å². The van der Waals surface area contributed by atoms with E-state index in [0.29, 0.717) is 11.4 Å². The molecule has 2 aromatic carbocycles. The predicted molar refractivity (Wildman–Crippen MR) is 93.5 cm³/mol. The number of hydrogen-bond donors (Lipinski definition) is 2. The Morgan fingerprint density at radius 3 is 1.74 bits per heavy atom. The van der Waals surface area contributed by atoms with Crippen molar-refractivity contribution in [3.8, 4) is 0 Å². The number of nitrogens with one attached hydrogen (secondary N) is 2. The van der Waals surface area contributed by atoms with Crippen molar-refractivity contribution in [2.45, 2.75) is 32.6 Å². The van der Waals surface area contributed by atoms with Crippen LogP contribution in [-0.4, -0.2) is 11.8 Å².